The fraction of sp³-hybridized carbons (Fsp3) is 0.500. The van der Waals surface area contributed by atoms with Gasteiger partial charge in [-0.1, -0.05) is 18.2 Å². The number of rotatable bonds is 7. The molecule has 0 fully saturated rings. The topological polar surface area (TPSA) is 208 Å². The van der Waals surface area contributed by atoms with E-state index in [1.807, 2.05) is 18.2 Å². The largest absolute Gasteiger partial charge is 0.492 e. The van der Waals surface area contributed by atoms with Crippen LogP contribution in [0, 0.1) is 0 Å². The summed E-state index contributed by atoms with van der Waals surface area (Å²) in [7, 11) is 0. The second-order valence-electron chi connectivity index (χ2n) is 17.4. The molecule has 5 amide bonds. The average Bonchev–Trinajstić information content (AvgIpc) is 3.07. The SMILES string of the molecule is CC(C)(C)OC(=O)/N=C(/NC(=O)OC(C)(C)C)N1CC=C(c2ccc(C(=O)Nc3ccc(OCCN/C(=N\C(=O)OC(C)(C)C)NC(=O)OC(C)(C)C)cc3)cc2)CC1. The van der Waals surface area contributed by atoms with Crippen molar-refractivity contribution in [3.05, 3.63) is 65.7 Å². The number of guanidine groups is 2. The lowest BCUT2D eigenvalue weighted by Crippen LogP contribution is -2.48. The van der Waals surface area contributed by atoms with Gasteiger partial charge in [-0.2, -0.15) is 0 Å². The van der Waals surface area contributed by atoms with Crippen LogP contribution in [-0.2, 0) is 18.9 Å². The van der Waals surface area contributed by atoms with Gasteiger partial charge in [0.05, 0.1) is 6.54 Å². The molecule has 0 spiro atoms. The third kappa shape index (κ3) is 18.8. The summed E-state index contributed by atoms with van der Waals surface area (Å²) in [5.41, 5.74) is -0.107. The van der Waals surface area contributed by atoms with Crippen LogP contribution in [-0.4, -0.2) is 95.7 Å². The third-order valence-electron chi connectivity index (χ3n) is 7.22. The molecule has 0 atom stereocenters. The normalized spacial score (nSPS) is 14.0. The van der Waals surface area contributed by atoms with Crippen LogP contribution in [0.5, 0.6) is 5.75 Å². The summed E-state index contributed by atoms with van der Waals surface area (Å²) >= 11 is 0. The minimum atomic E-state index is -0.893. The van der Waals surface area contributed by atoms with Crippen molar-refractivity contribution < 1.29 is 47.7 Å². The molecule has 322 valence electrons. The van der Waals surface area contributed by atoms with E-state index in [2.05, 4.69) is 31.3 Å². The van der Waals surface area contributed by atoms with Gasteiger partial charge in [-0.3, -0.25) is 15.4 Å². The van der Waals surface area contributed by atoms with Crippen LogP contribution in [0.1, 0.15) is 105 Å². The van der Waals surface area contributed by atoms with Crippen molar-refractivity contribution in [3.8, 4) is 5.75 Å². The van der Waals surface area contributed by atoms with E-state index < -0.39 is 46.8 Å². The monoisotopic (exact) mass is 821 g/mol. The number of carbonyl (C=O) groups is 5. The lowest BCUT2D eigenvalue weighted by atomic mass is 9.98. The molecule has 3 rings (SSSR count). The zero-order valence-corrected chi connectivity index (χ0v) is 36.2. The Balaban J connectivity index is 1.56. The van der Waals surface area contributed by atoms with Crippen LogP contribution in [0.3, 0.4) is 0 Å². The first-order valence-electron chi connectivity index (χ1n) is 19.2. The van der Waals surface area contributed by atoms with Crippen molar-refractivity contribution in [2.75, 3.05) is 31.6 Å². The van der Waals surface area contributed by atoms with E-state index in [1.165, 1.54) is 0 Å². The molecule has 2 aromatic rings. The third-order valence-corrected chi connectivity index (χ3v) is 7.22. The lowest BCUT2D eigenvalue weighted by molar-refractivity contribution is 0.0539. The zero-order chi connectivity index (χ0) is 44.2. The molecular weight excluding hydrogens is 763 g/mol. The summed E-state index contributed by atoms with van der Waals surface area (Å²) in [4.78, 5) is 72.4. The van der Waals surface area contributed by atoms with Gasteiger partial charge < -0.3 is 39.2 Å². The Kier molecular flexibility index (Phi) is 16.0. The van der Waals surface area contributed by atoms with Gasteiger partial charge >= 0.3 is 24.4 Å². The second kappa shape index (κ2) is 20.0. The molecule has 0 aliphatic carbocycles. The maximum atomic E-state index is 13.1. The van der Waals surface area contributed by atoms with E-state index in [0.717, 1.165) is 11.1 Å². The van der Waals surface area contributed by atoms with E-state index >= 15 is 0 Å². The van der Waals surface area contributed by atoms with E-state index in [0.29, 0.717) is 36.5 Å². The number of nitrogens with zero attached hydrogens (tertiary/aromatic N) is 3. The lowest BCUT2D eigenvalue weighted by Gasteiger charge is -2.30. The molecule has 0 radical (unpaired) electrons. The van der Waals surface area contributed by atoms with E-state index in [9.17, 15) is 24.0 Å². The summed E-state index contributed by atoms with van der Waals surface area (Å²) in [6.45, 7) is 21.7. The first kappa shape index (κ1) is 47.2. The van der Waals surface area contributed by atoms with Crippen molar-refractivity contribution in [2.45, 2.75) is 112 Å². The van der Waals surface area contributed by atoms with Crippen molar-refractivity contribution in [1.82, 2.24) is 20.9 Å². The van der Waals surface area contributed by atoms with E-state index in [1.54, 1.807) is 124 Å². The Bertz CT molecular complexity index is 1900. The van der Waals surface area contributed by atoms with Crippen LogP contribution in [0.15, 0.2) is 64.6 Å². The summed E-state index contributed by atoms with van der Waals surface area (Å²) in [6, 6.07) is 14.0. The Morgan fingerprint density at radius 2 is 1.19 bits per heavy atom. The molecule has 59 heavy (non-hydrogen) atoms. The molecule has 17 heteroatoms. The first-order valence-corrected chi connectivity index (χ1v) is 19.2. The Morgan fingerprint density at radius 3 is 1.69 bits per heavy atom. The van der Waals surface area contributed by atoms with Gasteiger partial charge in [-0.05, 0) is 137 Å². The molecule has 2 aromatic carbocycles. The quantitative estimate of drug-likeness (QED) is 0.0921. The summed E-state index contributed by atoms with van der Waals surface area (Å²) in [6.07, 6.45) is -0.732. The van der Waals surface area contributed by atoms with Gasteiger partial charge in [0.2, 0.25) is 11.9 Å². The average molecular weight is 822 g/mol. The number of amides is 5. The first-order chi connectivity index (χ1) is 27.2. The van der Waals surface area contributed by atoms with Crippen LogP contribution < -0.4 is 26.0 Å². The molecule has 1 aliphatic heterocycles. The van der Waals surface area contributed by atoms with Crippen molar-refractivity contribution in [3.63, 3.8) is 0 Å². The summed E-state index contributed by atoms with van der Waals surface area (Å²) < 4.78 is 27.0. The Labute approximate surface area is 346 Å². The highest BCUT2D eigenvalue weighted by molar-refractivity contribution is 6.04. The van der Waals surface area contributed by atoms with Crippen LogP contribution in [0.2, 0.25) is 0 Å². The highest BCUT2D eigenvalue weighted by atomic mass is 16.6. The number of ether oxygens (including phenoxy) is 5. The molecule has 0 saturated carbocycles. The number of aliphatic imine (C=N–C) groups is 2. The molecular formula is C42H59N7O10. The second-order valence-corrected chi connectivity index (χ2v) is 17.4. The number of benzene rings is 2. The number of anilines is 1. The number of hydrogen-bond donors (Lipinski definition) is 4. The fourth-order valence-corrected chi connectivity index (χ4v) is 4.97. The standard InChI is InChI=1S/C42H59N7O10/c1-39(2,3)56-35(51)45-33(46-36(52)57-40(4,5)6)43-23-26-55-31-19-17-30(18-20-31)44-32(50)29-15-13-27(14-16-29)28-21-24-49(25-22-28)34(47-37(53)58-41(7,8)9)48-38(54)59-42(10,11)12/h13-21H,22-26H2,1-12H3,(H,44,50)(H,47,48,53,54)(H2,43,45,46,51,52). The van der Waals surface area contributed by atoms with Crippen molar-refractivity contribution >= 4 is 53.5 Å². The maximum Gasteiger partial charge on any atom is 0.437 e. The number of alkyl carbamates (subject to hydrolysis) is 2. The number of hydrogen-bond acceptors (Lipinski definition) is 10. The molecule has 0 bridgehead atoms. The van der Waals surface area contributed by atoms with Crippen LogP contribution >= 0.6 is 0 Å². The molecule has 0 unspecified atom stereocenters. The van der Waals surface area contributed by atoms with Gasteiger partial charge in [0.1, 0.15) is 34.8 Å². The Morgan fingerprint density at radius 1 is 0.661 bits per heavy atom. The van der Waals surface area contributed by atoms with Crippen LogP contribution in [0.4, 0.5) is 24.9 Å². The van der Waals surface area contributed by atoms with Gasteiger partial charge in [-0.15, -0.1) is 9.98 Å². The molecule has 0 aromatic heterocycles. The fourth-order valence-electron chi connectivity index (χ4n) is 4.97. The van der Waals surface area contributed by atoms with Gasteiger partial charge in [0, 0.05) is 24.3 Å². The summed E-state index contributed by atoms with van der Waals surface area (Å²) in [5.74, 6) is 0.0836. The van der Waals surface area contributed by atoms with Gasteiger partial charge in [0.25, 0.3) is 5.91 Å². The van der Waals surface area contributed by atoms with Crippen molar-refractivity contribution in [1.29, 1.82) is 0 Å². The number of nitrogens with one attached hydrogen (secondary N) is 4. The molecule has 17 nitrogen and oxygen atoms in total. The highest BCUT2D eigenvalue weighted by Crippen LogP contribution is 2.24. The minimum Gasteiger partial charge on any atom is -0.492 e. The zero-order valence-electron chi connectivity index (χ0n) is 36.2. The van der Waals surface area contributed by atoms with Crippen molar-refractivity contribution in [2.24, 2.45) is 9.98 Å². The van der Waals surface area contributed by atoms with Crippen LogP contribution in [0.25, 0.3) is 5.57 Å². The Hall–Kier alpha value is -6.13. The predicted molar refractivity (Wildman–Crippen MR) is 225 cm³/mol. The highest BCUT2D eigenvalue weighted by Gasteiger charge is 2.25. The molecule has 1 aliphatic rings. The minimum absolute atomic E-state index is 0.0258. The maximum absolute atomic E-state index is 13.1. The predicted octanol–water partition coefficient (Wildman–Crippen LogP) is 7.63. The van der Waals surface area contributed by atoms with Gasteiger partial charge in [-0.25, -0.2) is 19.2 Å². The molecule has 0 saturated heterocycles. The van der Waals surface area contributed by atoms with E-state index in [4.69, 9.17) is 23.7 Å². The number of carbonyl (C=O) groups excluding carboxylic acids is 5. The van der Waals surface area contributed by atoms with E-state index in [-0.39, 0.29) is 31.0 Å². The summed E-state index contributed by atoms with van der Waals surface area (Å²) in [5, 5.41) is 10.7. The molecule has 4 N–H and O–H groups in total. The smallest absolute Gasteiger partial charge is 0.437 e. The van der Waals surface area contributed by atoms with Gasteiger partial charge in [0.15, 0.2) is 0 Å². The molecule has 1 heterocycles.